The zero-order chi connectivity index (χ0) is 15.1. The molecule has 2 fully saturated rings. The van der Waals surface area contributed by atoms with Crippen LogP contribution >= 0.6 is 11.8 Å². The SMILES string of the molecule is O=C(O)CCOC1CCN(C(=O)NC2CCSCC2)CC1. The molecule has 120 valence electrons. The van der Waals surface area contributed by atoms with E-state index in [-0.39, 0.29) is 25.2 Å². The van der Waals surface area contributed by atoms with Gasteiger partial charge >= 0.3 is 12.0 Å². The van der Waals surface area contributed by atoms with Crippen molar-refractivity contribution in [1.82, 2.24) is 10.2 Å². The first-order valence-corrected chi connectivity index (χ1v) is 8.77. The maximum Gasteiger partial charge on any atom is 0.317 e. The fraction of sp³-hybridized carbons (Fsp3) is 0.857. The number of nitrogens with zero attached hydrogens (tertiary/aromatic N) is 1. The summed E-state index contributed by atoms with van der Waals surface area (Å²) >= 11 is 1.95. The highest BCUT2D eigenvalue weighted by Gasteiger charge is 2.25. The van der Waals surface area contributed by atoms with Gasteiger partial charge in [-0.2, -0.15) is 11.8 Å². The van der Waals surface area contributed by atoms with Gasteiger partial charge in [-0.15, -0.1) is 0 Å². The van der Waals surface area contributed by atoms with Crippen LogP contribution in [0.3, 0.4) is 0 Å². The van der Waals surface area contributed by atoms with E-state index in [1.165, 1.54) is 0 Å². The molecule has 2 N–H and O–H groups in total. The highest BCUT2D eigenvalue weighted by Crippen LogP contribution is 2.18. The third kappa shape index (κ3) is 5.74. The van der Waals surface area contributed by atoms with Gasteiger partial charge in [0.05, 0.1) is 19.1 Å². The molecule has 0 aromatic heterocycles. The smallest absolute Gasteiger partial charge is 0.317 e. The number of aliphatic carboxylic acids is 1. The fourth-order valence-electron chi connectivity index (χ4n) is 2.65. The van der Waals surface area contributed by atoms with Gasteiger partial charge in [0, 0.05) is 19.1 Å². The lowest BCUT2D eigenvalue weighted by Crippen LogP contribution is -2.49. The van der Waals surface area contributed by atoms with Crippen molar-refractivity contribution in [1.29, 1.82) is 0 Å². The largest absolute Gasteiger partial charge is 0.481 e. The highest BCUT2D eigenvalue weighted by molar-refractivity contribution is 7.99. The molecule has 6 nitrogen and oxygen atoms in total. The van der Waals surface area contributed by atoms with E-state index in [9.17, 15) is 9.59 Å². The standard InChI is InChI=1S/C14H24N2O4S/c17-13(18)3-8-20-12-1-6-16(7-2-12)14(19)15-11-4-9-21-10-5-11/h11-12H,1-10H2,(H,15,19)(H,17,18). The van der Waals surface area contributed by atoms with Crippen LogP contribution in [0.4, 0.5) is 4.79 Å². The van der Waals surface area contributed by atoms with Crippen LogP contribution in [-0.4, -0.2) is 65.4 Å². The molecule has 0 radical (unpaired) electrons. The maximum absolute atomic E-state index is 12.2. The Hall–Kier alpha value is -0.950. The second-order valence-corrected chi connectivity index (χ2v) is 6.76. The summed E-state index contributed by atoms with van der Waals surface area (Å²) in [5.74, 6) is 1.42. The molecule has 2 saturated heterocycles. The topological polar surface area (TPSA) is 78.9 Å². The van der Waals surface area contributed by atoms with E-state index in [1.807, 2.05) is 16.7 Å². The number of urea groups is 1. The molecule has 2 aliphatic rings. The quantitative estimate of drug-likeness (QED) is 0.804. The van der Waals surface area contributed by atoms with Gasteiger partial charge in [0.15, 0.2) is 0 Å². The minimum Gasteiger partial charge on any atom is -0.481 e. The molecule has 0 aromatic carbocycles. The molecule has 0 atom stereocenters. The van der Waals surface area contributed by atoms with Crippen LogP contribution in [0.15, 0.2) is 0 Å². The Bertz CT molecular complexity index is 353. The van der Waals surface area contributed by atoms with Crippen molar-refractivity contribution >= 4 is 23.8 Å². The molecule has 0 aliphatic carbocycles. The van der Waals surface area contributed by atoms with Crippen molar-refractivity contribution in [2.24, 2.45) is 0 Å². The summed E-state index contributed by atoms with van der Waals surface area (Å²) in [5, 5.41) is 11.7. The zero-order valence-corrected chi connectivity index (χ0v) is 13.1. The molecule has 2 heterocycles. The summed E-state index contributed by atoms with van der Waals surface area (Å²) < 4.78 is 5.53. The number of piperidine rings is 1. The average Bonchev–Trinajstić information content (AvgIpc) is 2.48. The predicted molar refractivity (Wildman–Crippen MR) is 81.7 cm³/mol. The third-order valence-electron chi connectivity index (χ3n) is 3.95. The Morgan fingerprint density at radius 2 is 1.86 bits per heavy atom. The summed E-state index contributed by atoms with van der Waals surface area (Å²) in [5.41, 5.74) is 0. The molecule has 21 heavy (non-hydrogen) atoms. The molecule has 0 saturated carbocycles. The van der Waals surface area contributed by atoms with Crippen molar-refractivity contribution in [3.63, 3.8) is 0 Å². The summed E-state index contributed by atoms with van der Waals surface area (Å²) in [6.45, 7) is 1.63. The molecule has 2 aliphatic heterocycles. The van der Waals surface area contributed by atoms with E-state index in [0.29, 0.717) is 19.1 Å². The number of hydrogen-bond acceptors (Lipinski definition) is 4. The van der Waals surface area contributed by atoms with Gasteiger partial charge in [0.25, 0.3) is 0 Å². The molecule has 0 bridgehead atoms. The van der Waals surface area contributed by atoms with E-state index in [4.69, 9.17) is 9.84 Å². The number of nitrogens with one attached hydrogen (secondary N) is 1. The third-order valence-corrected chi connectivity index (χ3v) is 5.00. The van der Waals surface area contributed by atoms with Gasteiger partial charge < -0.3 is 20.1 Å². The van der Waals surface area contributed by atoms with Gasteiger partial charge in [-0.3, -0.25) is 4.79 Å². The highest BCUT2D eigenvalue weighted by atomic mass is 32.2. The molecular formula is C14H24N2O4S. The molecule has 2 amide bonds. The van der Waals surface area contributed by atoms with Crippen LogP contribution in [0.1, 0.15) is 32.1 Å². The number of carbonyl (C=O) groups excluding carboxylic acids is 1. The lowest BCUT2D eigenvalue weighted by atomic mass is 10.1. The lowest BCUT2D eigenvalue weighted by molar-refractivity contribution is -0.138. The lowest BCUT2D eigenvalue weighted by Gasteiger charge is -2.33. The van der Waals surface area contributed by atoms with E-state index in [2.05, 4.69) is 5.32 Å². The van der Waals surface area contributed by atoms with Crippen LogP contribution in [0.25, 0.3) is 0 Å². The summed E-state index contributed by atoms with van der Waals surface area (Å²) in [6, 6.07) is 0.360. The van der Waals surface area contributed by atoms with Crippen LogP contribution in [-0.2, 0) is 9.53 Å². The number of hydrogen-bond donors (Lipinski definition) is 2. The summed E-state index contributed by atoms with van der Waals surface area (Å²) in [7, 11) is 0. The Balaban J connectivity index is 1.63. The number of thioether (sulfide) groups is 1. The molecular weight excluding hydrogens is 292 g/mol. The average molecular weight is 316 g/mol. The number of ether oxygens (including phenoxy) is 1. The molecule has 0 unspecified atom stereocenters. The molecule has 0 aromatic rings. The Morgan fingerprint density at radius 1 is 1.19 bits per heavy atom. The first-order valence-electron chi connectivity index (χ1n) is 7.61. The normalized spacial score (nSPS) is 21.2. The van der Waals surface area contributed by atoms with Crippen molar-refractivity contribution in [2.75, 3.05) is 31.2 Å². The Kier molecular flexibility index (Phi) is 6.63. The summed E-state index contributed by atoms with van der Waals surface area (Å²) in [6.07, 6.45) is 3.82. The summed E-state index contributed by atoms with van der Waals surface area (Å²) in [4.78, 5) is 24.4. The van der Waals surface area contributed by atoms with Crippen molar-refractivity contribution in [2.45, 2.75) is 44.2 Å². The van der Waals surface area contributed by atoms with Gasteiger partial charge in [-0.05, 0) is 37.2 Å². The number of carboxylic acids is 1. The monoisotopic (exact) mass is 316 g/mol. The van der Waals surface area contributed by atoms with E-state index < -0.39 is 5.97 Å². The van der Waals surface area contributed by atoms with Gasteiger partial charge in [0.2, 0.25) is 0 Å². The number of likely N-dealkylation sites (tertiary alicyclic amines) is 1. The Morgan fingerprint density at radius 3 is 2.48 bits per heavy atom. The fourth-order valence-corrected chi connectivity index (χ4v) is 3.75. The molecule has 2 rings (SSSR count). The zero-order valence-electron chi connectivity index (χ0n) is 12.3. The number of carboxylic acid groups (broad SMARTS) is 1. The van der Waals surface area contributed by atoms with Crippen LogP contribution in [0.5, 0.6) is 0 Å². The molecule has 7 heteroatoms. The second kappa shape index (κ2) is 8.48. The van der Waals surface area contributed by atoms with Crippen molar-refractivity contribution < 1.29 is 19.4 Å². The molecule has 0 spiro atoms. The van der Waals surface area contributed by atoms with Gasteiger partial charge in [-0.25, -0.2) is 4.79 Å². The Labute approximate surface area is 129 Å². The first kappa shape index (κ1) is 16.4. The van der Waals surface area contributed by atoms with Crippen LogP contribution in [0.2, 0.25) is 0 Å². The maximum atomic E-state index is 12.2. The predicted octanol–water partition coefficient (Wildman–Crippen LogP) is 1.55. The number of amides is 2. The van der Waals surface area contributed by atoms with Gasteiger partial charge in [-0.1, -0.05) is 0 Å². The minimum absolute atomic E-state index is 0.0379. The minimum atomic E-state index is -0.836. The van der Waals surface area contributed by atoms with E-state index in [0.717, 1.165) is 37.2 Å². The van der Waals surface area contributed by atoms with E-state index in [1.54, 1.807) is 0 Å². The van der Waals surface area contributed by atoms with Crippen molar-refractivity contribution in [3.05, 3.63) is 0 Å². The second-order valence-electron chi connectivity index (χ2n) is 5.54. The number of carbonyl (C=O) groups is 2. The first-order chi connectivity index (χ1) is 10.1. The number of rotatable bonds is 5. The van der Waals surface area contributed by atoms with Crippen LogP contribution in [0, 0.1) is 0 Å². The van der Waals surface area contributed by atoms with Crippen molar-refractivity contribution in [3.8, 4) is 0 Å². The van der Waals surface area contributed by atoms with Gasteiger partial charge in [0.1, 0.15) is 0 Å². The van der Waals surface area contributed by atoms with E-state index >= 15 is 0 Å². The van der Waals surface area contributed by atoms with Crippen LogP contribution < -0.4 is 5.32 Å².